The highest BCUT2D eigenvalue weighted by Gasteiger charge is 2.16. The Hall–Kier alpha value is -1.25. The van der Waals surface area contributed by atoms with E-state index in [1.54, 1.807) is 35.9 Å². The van der Waals surface area contributed by atoms with Crippen molar-refractivity contribution in [2.45, 2.75) is 29.3 Å². The average molecular weight is 411 g/mol. The number of fused-ring (bicyclic) bond motifs is 1. The standard InChI is InChI=1S/C15H15BrN4OS2/c1-7-14-9(10(16)6-21-14)4-11(18-7)8(2)23-15-19-12(17)5-13(20-15)22-3/h4-6,8H,1-3H3,(H2,17,19,20). The molecule has 0 radical (unpaired) electrons. The second-order valence-electron chi connectivity index (χ2n) is 4.97. The smallest absolute Gasteiger partial charge is 0.191 e. The molecule has 0 aromatic carbocycles. The predicted molar refractivity (Wildman–Crippen MR) is 98.9 cm³/mol. The fourth-order valence-electron chi connectivity index (χ4n) is 2.19. The summed E-state index contributed by atoms with van der Waals surface area (Å²) in [6, 6.07) is 3.81. The fraction of sp³-hybridized carbons (Fsp3) is 0.267. The lowest BCUT2D eigenvalue weighted by atomic mass is 10.2. The monoisotopic (exact) mass is 410 g/mol. The van der Waals surface area contributed by atoms with E-state index in [1.165, 1.54) is 0 Å². The van der Waals surface area contributed by atoms with Gasteiger partial charge in [0.05, 0.1) is 21.1 Å². The van der Waals surface area contributed by atoms with Gasteiger partial charge in [-0.05, 0) is 42.1 Å². The van der Waals surface area contributed by atoms with Crippen LogP contribution < -0.4 is 5.73 Å². The van der Waals surface area contributed by atoms with Crippen LogP contribution in [0.25, 0.3) is 11.0 Å². The van der Waals surface area contributed by atoms with E-state index in [9.17, 15) is 0 Å². The summed E-state index contributed by atoms with van der Waals surface area (Å²) in [6.07, 6.45) is 3.65. The number of nitrogens with two attached hydrogens (primary N) is 1. The maximum absolute atomic E-state index is 5.84. The van der Waals surface area contributed by atoms with Gasteiger partial charge in [-0.2, -0.15) is 0 Å². The molecule has 0 fully saturated rings. The van der Waals surface area contributed by atoms with E-state index in [4.69, 9.17) is 10.2 Å². The number of pyridine rings is 1. The van der Waals surface area contributed by atoms with E-state index in [2.05, 4.69) is 37.8 Å². The van der Waals surface area contributed by atoms with E-state index in [0.29, 0.717) is 11.0 Å². The Morgan fingerprint density at radius 2 is 2.04 bits per heavy atom. The number of nitrogen functional groups attached to an aromatic ring is 1. The zero-order valence-corrected chi connectivity index (χ0v) is 16.1. The molecule has 0 saturated heterocycles. The Morgan fingerprint density at radius 1 is 1.26 bits per heavy atom. The van der Waals surface area contributed by atoms with E-state index in [1.807, 2.05) is 19.2 Å². The quantitative estimate of drug-likeness (QED) is 0.374. The first kappa shape index (κ1) is 16.6. The average Bonchev–Trinajstić information content (AvgIpc) is 2.88. The van der Waals surface area contributed by atoms with Gasteiger partial charge >= 0.3 is 0 Å². The first-order valence-electron chi connectivity index (χ1n) is 6.87. The first-order valence-corrected chi connectivity index (χ1v) is 9.77. The van der Waals surface area contributed by atoms with Crippen molar-refractivity contribution < 1.29 is 4.42 Å². The Bertz CT molecular complexity index is 868. The molecule has 1 atom stereocenters. The molecule has 0 aliphatic carbocycles. The molecule has 23 heavy (non-hydrogen) atoms. The molecule has 2 N–H and O–H groups in total. The Labute approximate surface area is 151 Å². The van der Waals surface area contributed by atoms with Crippen LogP contribution in [0.2, 0.25) is 0 Å². The molecule has 3 aromatic rings. The Balaban J connectivity index is 1.93. The number of thioether (sulfide) groups is 2. The van der Waals surface area contributed by atoms with Gasteiger partial charge in [-0.25, -0.2) is 9.97 Å². The van der Waals surface area contributed by atoms with Crippen molar-refractivity contribution >= 4 is 56.2 Å². The molecule has 3 aromatic heterocycles. The summed E-state index contributed by atoms with van der Waals surface area (Å²) < 4.78 is 6.45. The van der Waals surface area contributed by atoms with Crippen molar-refractivity contribution in [3.05, 3.63) is 34.3 Å². The molecular formula is C15H15BrN4OS2. The largest absolute Gasteiger partial charge is 0.461 e. The Morgan fingerprint density at radius 3 is 2.78 bits per heavy atom. The summed E-state index contributed by atoms with van der Waals surface area (Å²) in [4.78, 5) is 13.4. The van der Waals surface area contributed by atoms with Gasteiger partial charge in [0.1, 0.15) is 17.1 Å². The molecule has 120 valence electrons. The summed E-state index contributed by atoms with van der Waals surface area (Å²) >= 11 is 6.60. The lowest BCUT2D eigenvalue weighted by Gasteiger charge is -2.11. The summed E-state index contributed by atoms with van der Waals surface area (Å²) in [5, 5.41) is 2.65. The van der Waals surface area contributed by atoms with Crippen molar-refractivity contribution in [3.63, 3.8) is 0 Å². The van der Waals surface area contributed by atoms with Crippen LogP contribution in [0.3, 0.4) is 0 Å². The topological polar surface area (TPSA) is 77.8 Å². The van der Waals surface area contributed by atoms with Gasteiger partial charge in [0, 0.05) is 11.5 Å². The van der Waals surface area contributed by atoms with Gasteiger partial charge in [-0.1, -0.05) is 11.8 Å². The molecular weight excluding hydrogens is 396 g/mol. The highest BCUT2D eigenvalue weighted by molar-refractivity contribution is 9.10. The minimum absolute atomic E-state index is 0.0939. The normalized spacial score (nSPS) is 12.7. The SMILES string of the molecule is CSc1cc(N)nc(SC(C)c2cc3c(Br)coc3c(C)n2)n1. The van der Waals surface area contributed by atoms with Gasteiger partial charge in [0.25, 0.3) is 0 Å². The number of aryl methyl sites for hydroxylation is 1. The van der Waals surface area contributed by atoms with Crippen LogP contribution in [0.1, 0.15) is 23.6 Å². The molecule has 1 unspecified atom stereocenters. The predicted octanol–water partition coefficient (Wildman–Crippen LogP) is 4.85. The molecule has 5 nitrogen and oxygen atoms in total. The lowest BCUT2D eigenvalue weighted by Crippen LogP contribution is -2.00. The highest BCUT2D eigenvalue weighted by Crippen LogP contribution is 2.36. The van der Waals surface area contributed by atoms with Crippen LogP contribution in [0.5, 0.6) is 0 Å². The third-order valence-corrected chi connectivity index (χ3v) is 5.54. The van der Waals surface area contributed by atoms with E-state index >= 15 is 0 Å². The van der Waals surface area contributed by atoms with E-state index < -0.39 is 0 Å². The van der Waals surface area contributed by atoms with Gasteiger partial charge in [-0.3, -0.25) is 4.98 Å². The molecule has 0 amide bonds. The number of anilines is 1. The third-order valence-electron chi connectivity index (χ3n) is 3.31. The number of hydrogen-bond donors (Lipinski definition) is 1. The molecule has 0 aliphatic rings. The van der Waals surface area contributed by atoms with Crippen LogP contribution in [0.4, 0.5) is 5.82 Å². The first-order chi connectivity index (χ1) is 11.0. The van der Waals surface area contributed by atoms with Crippen LogP contribution in [-0.4, -0.2) is 21.2 Å². The van der Waals surface area contributed by atoms with E-state index in [0.717, 1.165) is 31.9 Å². The molecule has 8 heteroatoms. The maximum atomic E-state index is 5.84. The Kier molecular flexibility index (Phi) is 4.84. The van der Waals surface area contributed by atoms with Gasteiger partial charge in [-0.15, -0.1) is 11.8 Å². The van der Waals surface area contributed by atoms with Crippen LogP contribution in [-0.2, 0) is 0 Å². The number of furan rings is 1. The lowest BCUT2D eigenvalue weighted by molar-refractivity contribution is 0.608. The van der Waals surface area contributed by atoms with Crippen molar-refractivity contribution in [2.75, 3.05) is 12.0 Å². The van der Waals surface area contributed by atoms with Crippen molar-refractivity contribution in [3.8, 4) is 0 Å². The minimum Gasteiger partial charge on any atom is -0.461 e. The zero-order chi connectivity index (χ0) is 16.6. The number of hydrogen-bond acceptors (Lipinski definition) is 7. The number of aromatic nitrogens is 3. The highest BCUT2D eigenvalue weighted by atomic mass is 79.9. The van der Waals surface area contributed by atoms with Crippen LogP contribution in [0, 0.1) is 6.92 Å². The second-order valence-corrected chi connectivity index (χ2v) is 7.96. The van der Waals surface area contributed by atoms with Crippen molar-refractivity contribution in [1.29, 1.82) is 0 Å². The van der Waals surface area contributed by atoms with Gasteiger partial charge < -0.3 is 10.2 Å². The summed E-state index contributed by atoms with van der Waals surface area (Å²) in [5.41, 5.74) is 8.48. The molecule has 3 rings (SSSR count). The van der Waals surface area contributed by atoms with Crippen LogP contribution in [0.15, 0.2) is 37.5 Å². The number of nitrogens with zero attached hydrogens (tertiary/aromatic N) is 3. The zero-order valence-electron chi connectivity index (χ0n) is 12.8. The third kappa shape index (κ3) is 3.49. The fourth-order valence-corrected chi connectivity index (χ4v) is 3.92. The van der Waals surface area contributed by atoms with Crippen molar-refractivity contribution in [1.82, 2.24) is 15.0 Å². The molecule has 0 aliphatic heterocycles. The van der Waals surface area contributed by atoms with E-state index in [-0.39, 0.29) is 5.25 Å². The summed E-state index contributed by atoms with van der Waals surface area (Å²) in [5.74, 6) is 0.483. The molecule has 0 spiro atoms. The molecule has 3 heterocycles. The maximum Gasteiger partial charge on any atom is 0.191 e. The van der Waals surface area contributed by atoms with Gasteiger partial charge in [0.2, 0.25) is 0 Å². The number of halogens is 1. The molecule has 0 saturated carbocycles. The summed E-state index contributed by atoms with van der Waals surface area (Å²) in [6.45, 7) is 4.03. The minimum atomic E-state index is 0.0939. The second kappa shape index (κ2) is 6.70. The van der Waals surface area contributed by atoms with Crippen molar-refractivity contribution in [2.24, 2.45) is 0 Å². The summed E-state index contributed by atoms with van der Waals surface area (Å²) in [7, 11) is 0. The molecule has 0 bridgehead atoms. The number of rotatable bonds is 4. The van der Waals surface area contributed by atoms with Crippen LogP contribution >= 0.6 is 39.5 Å². The van der Waals surface area contributed by atoms with Gasteiger partial charge in [0.15, 0.2) is 10.7 Å².